The normalized spacial score (nSPS) is 17.8. The maximum absolute atomic E-state index is 14.2. The van der Waals surface area contributed by atoms with Crippen molar-refractivity contribution in [1.82, 2.24) is 23.9 Å². The molecule has 0 saturated carbocycles. The van der Waals surface area contributed by atoms with Crippen LogP contribution in [0.5, 0.6) is 0 Å². The second-order valence-corrected chi connectivity index (χ2v) is 10.2. The van der Waals surface area contributed by atoms with E-state index in [1.54, 1.807) is 35.1 Å². The second kappa shape index (κ2) is 9.66. The topological polar surface area (TPSA) is 75.4 Å². The molecule has 0 spiro atoms. The Balaban J connectivity index is 1.42. The van der Waals surface area contributed by atoms with Crippen molar-refractivity contribution >= 4 is 38.4 Å². The van der Waals surface area contributed by atoms with Gasteiger partial charge in [-0.25, -0.2) is 17.9 Å². The highest BCUT2D eigenvalue weighted by molar-refractivity contribution is 9.10. The molecule has 0 bridgehead atoms. The molecule has 1 fully saturated rings. The fraction of sp³-hybridized carbons (Fsp3) is 0.261. The zero-order valence-electron chi connectivity index (χ0n) is 17.7. The Labute approximate surface area is 201 Å². The number of aromatic nitrogens is 4. The van der Waals surface area contributed by atoms with E-state index in [2.05, 4.69) is 31.3 Å². The molecule has 1 N–H and O–H groups in total. The standard InChI is InChI=1S/C23H22BrFN6OS/c24-18-14-28-31-22(27-13-16-5-3-9-26-12-16)11-20(29-23(18)31)17-6-4-10-30(15-17)33(32)21-8-2-1-7-19(21)25/h1-3,5,7-9,11-12,14,17,27H,4,6,10,13,15H2. The van der Waals surface area contributed by atoms with Crippen molar-refractivity contribution in [2.75, 3.05) is 18.4 Å². The lowest BCUT2D eigenvalue weighted by molar-refractivity contribution is 0.326. The maximum Gasteiger partial charge on any atom is 0.171 e. The third kappa shape index (κ3) is 4.68. The van der Waals surface area contributed by atoms with Gasteiger partial charge in [-0.1, -0.05) is 18.2 Å². The van der Waals surface area contributed by atoms with Crippen LogP contribution in [0, 0.1) is 5.82 Å². The maximum atomic E-state index is 14.2. The van der Waals surface area contributed by atoms with E-state index in [1.807, 2.05) is 28.7 Å². The van der Waals surface area contributed by atoms with Crippen LogP contribution in [-0.2, 0) is 17.5 Å². The second-order valence-electron chi connectivity index (χ2n) is 7.92. The molecule has 1 aliphatic heterocycles. The zero-order chi connectivity index (χ0) is 22.8. The van der Waals surface area contributed by atoms with E-state index in [0.29, 0.717) is 25.3 Å². The lowest BCUT2D eigenvalue weighted by Crippen LogP contribution is -2.36. The van der Waals surface area contributed by atoms with Crippen molar-refractivity contribution in [3.05, 3.63) is 82.6 Å². The summed E-state index contributed by atoms with van der Waals surface area (Å²) >= 11 is 3.54. The summed E-state index contributed by atoms with van der Waals surface area (Å²) < 4.78 is 31.7. The van der Waals surface area contributed by atoms with Gasteiger partial charge in [0.05, 0.1) is 21.3 Å². The summed E-state index contributed by atoms with van der Waals surface area (Å²) in [7, 11) is -1.55. The van der Waals surface area contributed by atoms with E-state index in [9.17, 15) is 8.60 Å². The first-order valence-corrected chi connectivity index (χ1v) is 12.6. The van der Waals surface area contributed by atoms with Gasteiger partial charge in [0.2, 0.25) is 0 Å². The molecule has 170 valence electrons. The monoisotopic (exact) mass is 528 g/mol. The lowest BCUT2D eigenvalue weighted by atomic mass is 9.96. The predicted octanol–water partition coefficient (Wildman–Crippen LogP) is 4.54. The van der Waals surface area contributed by atoms with Crippen LogP contribution in [0.1, 0.15) is 30.0 Å². The van der Waals surface area contributed by atoms with E-state index < -0.39 is 16.8 Å². The average Bonchev–Trinajstić information content (AvgIpc) is 3.24. The minimum atomic E-state index is -1.55. The molecule has 0 aliphatic carbocycles. The Morgan fingerprint density at radius 3 is 2.91 bits per heavy atom. The Bertz CT molecular complexity index is 1300. The molecule has 0 amide bonds. The van der Waals surface area contributed by atoms with Crippen LogP contribution in [0.2, 0.25) is 0 Å². The first-order valence-electron chi connectivity index (χ1n) is 10.7. The number of hydrogen-bond acceptors (Lipinski definition) is 5. The molecule has 1 aliphatic rings. The van der Waals surface area contributed by atoms with Crippen LogP contribution in [-0.4, -0.2) is 41.2 Å². The predicted molar refractivity (Wildman–Crippen MR) is 129 cm³/mol. The third-order valence-electron chi connectivity index (χ3n) is 5.71. The number of pyridine rings is 1. The molecule has 33 heavy (non-hydrogen) atoms. The number of rotatable bonds is 6. The van der Waals surface area contributed by atoms with Gasteiger partial charge in [0.1, 0.15) is 22.6 Å². The van der Waals surface area contributed by atoms with Gasteiger partial charge in [-0.05, 0) is 52.5 Å². The van der Waals surface area contributed by atoms with Crippen LogP contribution in [0.15, 0.2) is 70.4 Å². The Hall–Kier alpha value is -2.69. The SMILES string of the molecule is O=S(c1ccccc1F)N1CCCC(c2cc(NCc3cccnc3)n3ncc(Br)c3n2)C1. The molecule has 4 heterocycles. The number of hydrogen-bond donors (Lipinski definition) is 1. The van der Waals surface area contributed by atoms with E-state index in [0.717, 1.165) is 34.4 Å². The fourth-order valence-electron chi connectivity index (χ4n) is 4.05. The average molecular weight is 529 g/mol. The number of piperidine rings is 1. The fourth-order valence-corrected chi connectivity index (χ4v) is 5.71. The molecule has 3 aromatic heterocycles. The Morgan fingerprint density at radius 1 is 1.21 bits per heavy atom. The van der Waals surface area contributed by atoms with Crippen molar-refractivity contribution in [2.45, 2.75) is 30.2 Å². The number of nitrogens with zero attached hydrogens (tertiary/aromatic N) is 5. The van der Waals surface area contributed by atoms with Crippen LogP contribution >= 0.6 is 15.9 Å². The highest BCUT2D eigenvalue weighted by atomic mass is 79.9. The molecule has 4 aromatic rings. The summed E-state index contributed by atoms with van der Waals surface area (Å²) in [5.74, 6) is 0.444. The van der Waals surface area contributed by atoms with Crippen molar-refractivity contribution in [3.63, 3.8) is 0 Å². The minimum Gasteiger partial charge on any atom is -0.366 e. The zero-order valence-corrected chi connectivity index (χ0v) is 20.1. The summed E-state index contributed by atoms with van der Waals surface area (Å²) in [6.07, 6.45) is 7.07. The van der Waals surface area contributed by atoms with Crippen LogP contribution in [0.4, 0.5) is 10.2 Å². The van der Waals surface area contributed by atoms with Gasteiger partial charge < -0.3 is 5.32 Å². The first-order chi connectivity index (χ1) is 16.1. The number of benzene rings is 1. The van der Waals surface area contributed by atoms with Crippen molar-refractivity contribution < 1.29 is 8.60 Å². The summed E-state index contributed by atoms with van der Waals surface area (Å²) in [5, 5.41) is 7.88. The summed E-state index contributed by atoms with van der Waals surface area (Å²) in [6.45, 7) is 1.79. The number of anilines is 1. The van der Waals surface area contributed by atoms with Crippen LogP contribution < -0.4 is 5.32 Å². The quantitative estimate of drug-likeness (QED) is 0.397. The third-order valence-corrected chi connectivity index (χ3v) is 7.77. The van der Waals surface area contributed by atoms with Gasteiger partial charge in [0.15, 0.2) is 5.65 Å². The molecule has 0 radical (unpaired) electrons. The van der Waals surface area contributed by atoms with E-state index in [1.165, 1.54) is 6.07 Å². The van der Waals surface area contributed by atoms with Gasteiger partial charge in [-0.2, -0.15) is 9.61 Å². The Kier molecular flexibility index (Phi) is 6.48. The molecule has 7 nitrogen and oxygen atoms in total. The highest BCUT2D eigenvalue weighted by Gasteiger charge is 2.28. The molecule has 2 atom stereocenters. The van der Waals surface area contributed by atoms with Crippen molar-refractivity contribution in [2.24, 2.45) is 0 Å². The number of halogens is 2. The van der Waals surface area contributed by atoms with Crippen LogP contribution in [0.25, 0.3) is 5.65 Å². The lowest BCUT2D eigenvalue weighted by Gasteiger charge is -2.31. The minimum absolute atomic E-state index is 0.0696. The molecule has 1 aromatic carbocycles. The van der Waals surface area contributed by atoms with Gasteiger partial charge in [-0.3, -0.25) is 4.98 Å². The van der Waals surface area contributed by atoms with Crippen molar-refractivity contribution in [1.29, 1.82) is 0 Å². The molecule has 1 saturated heterocycles. The van der Waals surface area contributed by atoms with Gasteiger partial charge in [-0.15, -0.1) is 0 Å². The largest absolute Gasteiger partial charge is 0.366 e. The highest BCUT2D eigenvalue weighted by Crippen LogP contribution is 2.31. The molecular formula is C23H22BrFN6OS. The number of nitrogens with one attached hydrogen (secondary N) is 1. The van der Waals surface area contributed by atoms with Crippen molar-refractivity contribution in [3.8, 4) is 0 Å². The molecular weight excluding hydrogens is 507 g/mol. The summed E-state index contributed by atoms with van der Waals surface area (Å²) in [4.78, 5) is 9.25. The van der Waals surface area contributed by atoms with E-state index >= 15 is 0 Å². The number of fused-ring (bicyclic) bond motifs is 1. The first kappa shape index (κ1) is 22.1. The summed E-state index contributed by atoms with van der Waals surface area (Å²) in [6, 6.07) is 12.2. The van der Waals surface area contributed by atoms with E-state index in [4.69, 9.17) is 4.98 Å². The molecule has 2 unspecified atom stereocenters. The summed E-state index contributed by atoms with van der Waals surface area (Å²) in [5.41, 5.74) is 2.67. The van der Waals surface area contributed by atoms with Crippen LogP contribution in [0.3, 0.4) is 0 Å². The van der Waals surface area contributed by atoms with Gasteiger partial charge in [0.25, 0.3) is 0 Å². The smallest absolute Gasteiger partial charge is 0.171 e. The van der Waals surface area contributed by atoms with Gasteiger partial charge >= 0.3 is 0 Å². The van der Waals surface area contributed by atoms with E-state index in [-0.39, 0.29) is 10.8 Å². The molecule has 5 rings (SSSR count). The Morgan fingerprint density at radius 2 is 2.09 bits per heavy atom. The van der Waals surface area contributed by atoms with Gasteiger partial charge in [0, 0.05) is 44.0 Å². The molecule has 10 heteroatoms.